The Morgan fingerprint density at radius 1 is 1.53 bits per heavy atom. The molecule has 0 aliphatic carbocycles. The summed E-state index contributed by atoms with van der Waals surface area (Å²) in [6.07, 6.45) is 5.21. The van der Waals surface area contributed by atoms with Gasteiger partial charge in [0.05, 0.1) is 22.2 Å². The van der Waals surface area contributed by atoms with Crippen LogP contribution >= 0.6 is 27.3 Å². The van der Waals surface area contributed by atoms with Crippen LogP contribution in [-0.4, -0.2) is 19.5 Å². The summed E-state index contributed by atoms with van der Waals surface area (Å²) in [5, 5.41) is 0. The quantitative estimate of drug-likeness (QED) is 0.787. The zero-order chi connectivity index (χ0) is 11.8. The molecule has 3 aromatic rings. The molecule has 0 bridgehead atoms. The Hall–Kier alpha value is -1.47. The molecular weight excluding hydrogens is 304 g/mol. The Balaban J connectivity index is 2.09. The maximum Gasteiger partial charge on any atom is 0.268 e. The minimum Gasteiger partial charge on any atom is -0.330 e. The zero-order valence-electron chi connectivity index (χ0n) is 8.55. The van der Waals surface area contributed by atoms with E-state index in [0.717, 1.165) is 9.30 Å². The highest BCUT2D eigenvalue weighted by molar-refractivity contribution is 9.11. The Morgan fingerprint density at radius 2 is 2.41 bits per heavy atom. The van der Waals surface area contributed by atoms with Crippen molar-refractivity contribution in [2.24, 2.45) is 0 Å². The summed E-state index contributed by atoms with van der Waals surface area (Å²) < 4.78 is 3.41. The normalized spacial score (nSPS) is 11.1. The van der Waals surface area contributed by atoms with E-state index < -0.39 is 0 Å². The van der Waals surface area contributed by atoms with E-state index in [1.807, 2.05) is 16.8 Å². The summed E-state index contributed by atoms with van der Waals surface area (Å²) in [4.78, 5) is 22.9. The van der Waals surface area contributed by atoms with Gasteiger partial charge in [-0.1, -0.05) is 0 Å². The van der Waals surface area contributed by atoms with Crippen LogP contribution in [0.25, 0.3) is 10.2 Å². The van der Waals surface area contributed by atoms with Gasteiger partial charge in [-0.15, -0.1) is 11.3 Å². The number of nitrogens with one attached hydrogen (secondary N) is 1. The summed E-state index contributed by atoms with van der Waals surface area (Å²) >= 11 is 4.74. The number of imidazole rings is 1. The largest absolute Gasteiger partial charge is 0.330 e. The Morgan fingerprint density at radius 3 is 3.18 bits per heavy atom. The summed E-state index contributed by atoms with van der Waals surface area (Å²) in [5.41, 5.74) is 0.626. The van der Waals surface area contributed by atoms with Crippen LogP contribution in [0, 0.1) is 0 Å². The number of rotatable bonds is 2. The van der Waals surface area contributed by atoms with Crippen LogP contribution in [-0.2, 0) is 6.54 Å². The van der Waals surface area contributed by atoms with Gasteiger partial charge in [0.2, 0.25) is 0 Å². The van der Waals surface area contributed by atoms with Crippen molar-refractivity contribution in [2.45, 2.75) is 6.54 Å². The topological polar surface area (TPSA) is 63.6 Å². The first kappa shape index (κ1) is 10.7. The van der Waals surface area contributed by atoms with Gasteiger partial charge in [-0.25, -0.2) is 9.97 Å². The number of halogens is 1. The average molecular weight is 311 g/mol. The minimum absolute atomic E-state index is 0.0965. The van der Waals surface area contributed by atoms with Crippen LogP contribution in [0.15, 0.2) is 33.4 Å². The highest BCUT2D eigenvalue weighted by Gasteiger charge is 2.07. The van der Waals surface area contributed by atoms with Crippen LogP contribution in [0.4, 0.5) is 0 Å². The van der Waals surface area contributed by atoms with Crippen LogP contribution in [0.3, 0.4) is 0 Å². The lowest BCUT2D eigenvalue weighted by molar-refractivity contribution is 0.745. The molecular formula is C10H7BrN4OS. The number of thiophene rings is 1. The highest BCUT2D eigenvalue weighted by Crippen LogP contribution is 2.25. The third kappa shape index (κ3) is 2.03. The van der Waals surface area contributed by atoms with Crippen molar-refractivity contribution in [1.82, 2.24) is 19.5 Å². The maximum atomic E-state index is 11.8. The SMILES string of the molecule is O=c1[nH]c(Cn2ccnc2)nc2cc(Br)sc12. The van der Waals surface area contributed by atoms with Crippen LogP contribution in [0.5, 0.6) is 0 Å². The van der Waals surface area contributed by atoms with Crippen LogP contribution in [0.2, 0.25) is 0 Å². The van der Waals surface area contributed by atoms with E-state index in [1.165, 1.54) is 11.3 Å². The number of H-pyrrole nitrogens is 1. The van der Waals surface area contributed by atoms with Gasteiger partial charge in [-0.05, 0) is 22.0 Å². The standard InChI is InChI=1S/C10H7BrN4OS/c11-7-3-6-9(17-7)10(16)14-8(13-6)4-15-2-1-12-5-15/h1-3,5H,4H2,(H,13,14,16). The zero-order valence-corrected chi connectivity index (χ0v) is 11.0. The monoisotopic (exact) mass is 310 g/mol. The molecule has 5 nitrogen and oxygen atoms in total. The lowest BCUT2D eigenvalue weighted by Gasteiger charge is -2.01. The van der Waals surface area contributed by atoms with E-state index in [9.17, 15) is 4.79 Å². The highest BCUT2D eigenvalue weighted by atomic mass is 79.9. The van der Waals surface area contributed by atoms with Gasteiger partial charge in [0.1, 0.15) is 10.5 Å². The molecule has 0 radical (unpaired) electrons. The molecule has 0 amide bonds. The van der Waals surface area contributed by atoms with Crippen LogP contribution < -0.4 is 5.56 Å². The van der Waals surface area contributed by atoms with Crippen molar-refractivity contribution in [1.29, 1.82) is 0 Å². The Bertz CT molecular complexity index is 716. The van der Waals surface area contributed by atoms with E-state index in [2.05, 4.69) is 30.9 Å². The van der Waals surface area contributed by atoms with Crippen molar-refractivity contribution in [3.05, 3.63) is 44.8 Å². The molecule has 0 aliphatic heterocycles. The first-order valence-corrected chi connectivity index (χ1v) is 6.47. The van der Waals surface area contributed by atoms with Gasteiger partial charge >= 0.3 is 0 Å². The van der Waals surface area contributed by atoms with E-state index in [1.54, 1.807) is 12.5 Å². The van der Waals surface area contributed by atoms with Gasteiger partial charge in [-0.3, -0.25) is 4.79 Å². The van der Waals surface area contributed by atoms with Crippen molar-refractivity contribution in [3.63, 3.8) is 0 Å². The second-order valence-electron chi connectivity index (χ2n) is 3.51. The fraction of sp³-hybridized carbons (Fsp3) is 0.100. The van der Waals surface area contributed by atoms with Crippen molar-refractivity contribution in [3.8, 4) is 0 Å². The molecule has 0 saturated heterocycles. The first-order chi connectivity index (χ1) is 8.22. The maximum absolute atomic E-state index is 11.8. The Labute approximate surface area is 108 Å². The molecule has 7 heteroatoms. The smallest absolute Gasteiger partial charge is 0.268 e. The van der Waals surface area contributed by atoms with Crippen molar-refractivity contribution < 1.29 is 0 Å². The molecule has 86 valence electrons. The number of nitrogens with zero attached hydrogens (tertiary/aromatic N) is 3. The van der Waals surface area contributed by atoms with Gasteiger partial charge in [0.15, 0.2) is 0 Å². The summed E-state index contributed by atoms with van der Waals surface area (Å²) in [5.74, 6) is 0.630. The molecule has 3 aromatic heterocycles. The molecule has 0 fully saturated rings. The number of aromatic amines is 1. The molecule has 3 heterocycles. The predicted molar refractivity (Wildman–Crippen MR) is 69.3 cm³/mol. The van der Waals surface area contributed by atoms with E-state index in [-0.39, 0.29) is 5.56 Å². The molecule has 0 atom stereocenters. The number of hydrogen-bond acceptors (Lipinski definition) is 4. The fourth-order valence-corrected chi connectivity index (χ4v) is 3.01. The van der Waals surface area contributed by atoms with Gasteiger partial charge in [-0.2, -0.15) is 0 Å². The van der Waals surface area contributed by atoms with Gasteiger partial charge < -0.3 is 9.55 Å². The van der Waals surface area contributed by atoms with Crippen molar-refractivity contribution >= 4 is 37.5 Å². The summed E-state index contributed by atoms with van der Waals surface area (Å²) in [7, 11) is 0. The van der Waals surface area contributed by atoms with E-state index >= 15 is 0 Å². The average Bonchev–Trinajstić information content (AvgIpc) is 2.87. The molecule has 0 unspecified atom stereocenters. The number of fused-ring (bicyclic) bond motifs is 1. The van der Waals surface area contributed by atoms with Gasteiger partial charge in [0, 0.05) is 12.4 Å². The fourth-order valence-electron chi connectivity index (χ4n) is 1.59. The van der Waals surface area contributed by atoms with E-state index in [4.69, 9.17) is 0 Å². The lowest BCUT2D eigenvalue weighted by atomic mass is 10.4. The second kappa shape index (κ2) is 4.08. The molecule has 3 rings (SSSR count). The molecule has 0 spiro atoms. The first-order valence-electron chi connectivity index (χ1n) is 4.86. The molecule has 0 aromatic carbocycles. The Kier molecular flexibility index (Phi) is 2.56. The van der Waals surface area contributed by atoms with E-state index in [0.29, 0.717) is 17.1 Å². The molecule has 17 heavy (non-hydrogen) atoms. The number of hydrogen-bond donors (Lipinski definition) is 1. The van der Waals surface area contributed by atoms with Crippen molar-refractivity contribution in [2.75, 3.05) is 0 Å². The predicted octanol–water partition coefficient (Wildman–Crippen LogP) is 1.99. The third-order valence-corrected chi connectivity index (χ3v) is 3.92. The lowest BCUT2D eigenvalue weighted by Crippen LogP contribution is -2.12. The minimum atomic E-state index is -0.0965. The summed E-state index contributed by atoms with van der Waals surface area (Å²) in [6, 6.07) is 1.85. The van der Waals surface area contributed by atoms with Gasteiger partial charge in [0.25, 0.3) is 5.56 Å². The summed E-state index contributed by atoms with van der Waals surface area (Å²) in [6.45, 7) is 0.513. The second-order valence-corrected chi connectivity index (χ2v) is 5.94. The molecule has 1 N–H and O–H groups in total. The molecule has 0 aliphatic rings. The number of aromatic nitrogens is 4. The molecule has 0 saturated carbocycles. The van der Waals surface area contributed by atoms with Crippen LogP contribution in [0.1, 0.15) is 5.82 Å². The third-order valence-electron chi connectivity index (χ3n) is 2.29.